The maximum atomic E-state index is 12.5. The van der Waals surface area contributed by atoms with Crippen molar-refractivity contribution in [2.24, 2.45) is 0 Å². The molecule has 0 unspecified atom stereocenters. The maximum Gasteiger partial charge on any atom is 0.336 e. The fraction of sp³-hybridized carbons (Fsp3) is 0.226. The van der Waals surface area contributed by atoms with Crippen LogP contribution in [0.15, 0.2) is 71.1 Å². The molecule has 0 aliphatic carbocycles. The molecule has 0 amide bonds. The minimum absolute atomic E-state index is 0.131. The zero-order valence-corrected chi connectivity index (χ0v) is 20.9. The Morgan fingerprint density at radius 1 is 1.05 bits per heavy atom. The number of pyridine rings is 1. The quantitative estimate of drug-likeness (QED) is 0.269. The second-order valence-electron chi connectivity index (χ2n) is 9.68. The van der Waals surface area contributed by atoms with E-state index in [0.717, 1.165) is 40.9 Å². The largest absolute Gasteiger partial charge is 0.485 e. The lowest BCUT2D eigenvalue weighted by molar-refractivity contribution is 0.00840. The molecule has 1 saturated heterocycles. The van der Waals surface area contributed by atoms with E-state index in [1.165, 1.54) is 5.56 Å². The van der Waals surface area contributed by atoms with Crippen LogP contribution in [0.2, 0.25) is 0 Å². The molecule has 2 aromatic heterocycles. The number of benzene rings is 3. The molecule has 0 spiro atoms. The number of aryl methyl sites for hydroxylation is 2. The number of para-hydroxylation sites is 1. The Morgan fingerprint density at radius 3 is 2.49 bits per heavy atom. The number of hydrogen-bond acceptors (Lipinski definition) is 5. The van der Waals surface area contributed by atoms with Crippen LogP contribution in [0.25, 0.3) is 33.3 Å². The summed E-state index contributed by atoms with van der Waals surface area (Å²) in [5.74, 6) is 0.474. The van der Waals surface area contributed by atoms with Crippen LogP contribution < -0.4 is 4.74 Å². The molecule has 6 rings (SSSR count). The highest BCUT2D eigenvalue weighted by atomic mass is 16.5. The van der Waals surface area contributed by atoms with Gasteiger partial charge in [-0.1, -0.05) is 48.5 Å². The summed E-state index contributed by atoms with van der Waals surface area (Å²) in [6.45, 7) is 7.38. The topological polar surface area (TPSA) is 81.8 Å². The van der Waals surface area contributed by atoms with Gasteiger partial charge in [-0.15, -0.1) is 0 Å². The highest BCUT2D eigenvalue weighted by Gasteiger charge is 2.23. The normalized spacial score (nSPS) is 14.6. The summed E-state index contributed by atoms with van der Waals surface area (Å²) >= 11 is 0. The van der Waals surface area contributed by atoms with Gasteiger partial charge in [0.05, 0.1) is 29.7 Å². The van der Waals surface area contributed by atoms with Crippen LogP contribution >= 0.6 is 0 Å². The molecule has 3 aromatic carbocycles. The predicted octanol–water partition coefficient (Wildman–Crippen LogP) is 7.22. The molecular weight excluding hydrogens is 466 g/mol. The maximum absolute atomic E-state index is 12.5. The van der Waals surface area contributed by atoms with E-state index >= 15 is 0 Å². The zero-order chi connectivity index (χ0) is 25.7. The Hall–Kier alpha value is -4.16. The molecule has 186 valence electrons. The minimum atomic E-state index is -1.04. The van der Waals surface area contributed by atoms with E-state index in [0.29, 0.717) is 34.0 Å². The van der Waals surface area contributed by atoms with Crippen LogP contribution in [0.3, 0.4) is 0 Å². The molecular formula is C31H27NO5. The van der Waals surface area contributed by atoms with E-state index < -0.39 is 5.97 Å². The van der Waals surface area contributed by atoms with E-state index in [1.54, 1.807) is 6.07 Å². The second kappa shape index (κ2) is 9.05. The van der Waals surface area contributed by atoms with Gasteiger partial charge in [-0.3, -0.25) is 0 Å². The first-order valence-corrected chi connectivity index (χ1v) is 12.4. The van der Waals surface area contributed by atoms with Gasteiger partial charge >= 0.3 is 5.97 Å². The number of carboxylic acids is 1. The average molecular weight is 494 g/mol. The summed E-state index contributed by atoms with van der Waals surface area (Å²) in [6, 6.07) is 21.4. The molecule has 0 saturated carbocycles. The van der Waals surface area contributed by atoms with E-state index in [9.17, 15) is 9.90 Å². The summed E-state index contributed by atoms with van der Waals surface area (Å²) in [5.41, 5.74) is 6.00. The molecule has 6 heteroatoms. The number of aromatic nitrogens is 1. The van der Waals surface area contributed by atoms with Crippen molar-refractivity contribution in [1.29, 1.82) is 0 Å². The summed E-state index contributed by atoms with van der Waals surface area (Å²) in [5, 5.41) is 11.7. The van der Waals surface area contributed by atoms with Crippen molar-refractivity contribution in [3.63, 3.8) is 0 Å². The number of ether oxygens (including phenoxy) is 2. The number of nitrogens with zero attached hydrogens (tertiary/aromatic N) is 1. The molecule has 1 N–H and O–H groups in total. The third-order valence-electron chi connectivity index (χ3n) is 7.25. The SMILES string of the molecule is Cc1c(-c2cc(C(=O)O)c3c(O[C@H](C)c4ccc(C5COC5)cc4)ccc(C)c3n2)oc2ccccc12. The van der Waals surface area contributed by atoms with Crippen molar-refractivity contribution >= 4 is 27.8 Å². The summed E-state index contributed by atoms with van der Waals surface area (Å²) in [6.07, 6.45) is -0.281. The van der Waals surface area contributed by atoms with Gasteiger partial charge in [0.25, 0.3) is 0 Å². The number of carboxylic acid groups (broad SMARTS) is 1. The number of fused-ring (bicyclic) bond motifs is 2. The van der Waals surface area contributed by atoms with Crippen molar-refractivity contribution < 1.29 is 23.8 Å². The van der Waals surface area contributed by atoms with Crippen LogP contribution in [-0.4, -0.2) is 29.3 Å². The van der Waals surface area contributed by atoms with Crippen molar-refractivity contribution in [2.75, 3.05) is 13.2 Å². The van der Waals surface area contributed by atoms with Gasteiger partial charge in [-0.2, -0.15) is 0 Å². The van der Waals surface area contributed by atoms with Gasteiger partial charge in [-0.25, -0.2) is 9.78 Å². The molecule has 6 nitrogen and oxygen atoms in total. The highest BCUT2D eigenvalue weighted by Crippen LogP contribution is 2.38. The lowest BCUT2D eigenvalue weighted by atomic mass is 9.96. The lowest BCUT2D eigenvalue weighted by Gasteiger charge is -2.26. The van der Waals surface area contributed by atoms with E-state index in [-0.39, 0.29) is 11.7 Å². The van der Waals surface area contributed by atoms with Gasteiger partial charge in [0, 0.05) is 16.9 Å². The van der Waals surface area contributed by atoms with Crippen LogP contribution in [0, 0.1) is 13.8 Å². The Morgan fingerprint density at radius 2 is 1.81 bits per heavy atom. The van der Waals surface area contributed by atoms with Gasteiger partial charge in [0.2, 0.25) is 0 Å². The Labute approximate surface area is 214 Å². The van der Waals surface area contributed by atoms with E-state index in [4.69, 9.17) is 18.9 Å². The standard InChI is InChI=1S/C31H27NO5/c1-17-8-13-27(36-19(3)20-9-11-21(12-10-20)22-15-35-16-22)28-24(31(33)34)14-25(32-29(17)28)30-18(2)23-6-4-5-7-26(23)37-30/h4-14,19,22H,15-16H2,1-3H3,(H,33,34)/t19-/m1/s1. The number of hydrogen-bond donors (Lipinski definition) is 1. The lowest BCUT2D eigenvalue weighted by Crippen LogP contribution is -2.24. The number of aromatic carboxylic acids is 1. The Kier molecular flexibility index (Phi) is 5.69. The first-order valence-electron chi connectivity index (χ1n) is 12.4. The highest BCUT2D eigenvalue weighted by molar-refractivity contribution is 6.07. The van der Waals surface area contributed by atoms with Gasteiger partial charge in [-0.05, 0) is 55.7 Å². The Bertz CT molecular complexity index is 1650. The first-order chi connectivity index (χ1) is 17.9. The van der Waals surface area contributed by atoms with Crippen molar-refractivity contribution in [3.05, 3.63) is 94.5 Å². The molecule has 5 aromatic rings. The molecule has 1 aliphatic rings. The third kappa shape index (κ3) is 4.03. The van der Waals surface area contributed by atoms with Gasteiger partial charge in [0.1, 0.15) is 23.1 Å². The van der Waals surface area contributed by atoms with E-state index in [1.807, 2.05) is 57.2 Å². The monoisotopic (exact) mass is 493 g/mol. The number of rotatable bonds is 6. The third-order valence-corrected chi connectivity index (χ3v) is 7.25. The number of furan rings is 1. The van der Waals surface area contributed by atoms with Crippen LogP contribution in [-0.2, 0) is 4.74 Å². The molecule has 1 fully saturated rings. The molecule has 3 heterocycles. The van der Waals surface area contributed by atoms with Crippen molar-refractivity contribution in [3.8, 4) is 17.2 Å². The molecule has 37 heavy (non-hydrogen) atoms. The summed E-state index contributed by atoms with van der Waals surface area (Å²) < 4.78 is 17.8. The number of carbonyl (C=O) groups is 1. The minimum Gasteiger partial charge on any atom is -0.485 e. The van der Waals surface area contributed by atoms with Crippen molar-refractivity contribution in [1.82, 2.24) is 4.98 Å². The van der Waals surface area contributed by atoms with Crippen molar-refractivity contribution in [2.45, 2.75) is 32.8 Å². The average Bonchev–Trinajstić information content (AvgIpc) is 3.21. The fourth-order valence-electron chi connectivity index (χ4n) is 4.97. The second-order valence-corrected chi connectivity index (χ2v) is 9.68. The van der Waals surface area contributed by atoms with Gasteiger partial charge in [0.15, 0.2) is 5.76 Å². The predicted molar refractivity (Wildman–Crippen MR) is 142 cm³/mol. The van der Waals surface area contributed by atoms with Gasteiger partial charge < -0.3 is 19.0 Å². The molecule has 1 aliphatic heterocycles. The smallest absolute Gasteiger partial charge is 0.336 e. The summed E-state index contributed by atoms with van der Waals surface area (Å²) in [7, 11) is 0. The van der Waals surface area contributed by atoms with Crippen LogP contribution in [0.1, 0.15) is 51.6 Å². The molecule has 0 radical (unpaired) electrons. The molecule has 0 bridgehead atoms. The fourth-order valence-corrected chi connectivity index (χ4v) is 4.97. The van der Waals surface area contributed by atoms with E-state index in [2.05, 4.69) is 24.3 Å². The molecule has 1 atom stereocenters. The first kappa shape index (κ1) is 23.3. The zero-order valence-electron chi connectivity index (χ0n) is 20.9. The Balaban J connectivity index is 1.42. The van der Waals surface area contributed by atoms with Crippen LogP contribution in [0.4, 0.5) is 0 Å². The summed E-state index contributed by atoms with van der Waals surface area (Å²) in [4.78, 5) is 17.4. The van der Waals surface area contributed by atoms with Crippen LogP contribution in [0.5, 0.6) is 5.75 Å².